The predicted octanol–water partition coefficient (Wildman–Crippen LogP) is 3.93. The predicted molar refractivity (Wildman–Crippen MR) is 123 cm³/mol. The van der Waals surface area contributed by atoms with E-state index in [1.807, 2.05) is 4.90 Å². The van der Waals surface area contributed by atoms with Crippen molar-refractivity contribution < 1.29 is 31.5 Å². The number of anilines is 2. The Morgan fingerprint density at radius 1 is 1.14 bits per heavy atom. The number of amides is 1. The highest BCUT2D eigenvalue weighted by atomic mass is 19.4. The normalized spacial score (nSPS) is 18.0. The minimum atomic E-state index is -4.55. The molecule has 2 aliphatic rings. The lowest BCUT2D eigenvalue weighted by atomic mass is 9.77. The van der Waals surface area contributed by atoms with Crippen molar-refractivity contribution >= 4 is 28.6 Å². The first-order valence-corrected chi connectivity index (χ1v) is 11.8. The number of carbonyl (C=O) groups excluding carboxylic acids is 1. The van der Waals surface area contributed by atoms with E-state index in [4.69, 9.17) is 4.74 Å². The lowest BCUT2D eigenvalue weighted by Gasteiger charge is -2.38. The molecule has 2 saturated heterocycles. The summed E-state index contributed by atoms with van der Waals surface area (Å²) in [5.74, 6) is 0.408. The first-order valence-electron chi connectivity index (χ1n) is 11.8. The third-order valence-electron chi connectivity index (χ3n) is 6.81. The summed E-state index contributed by atoms with van der Waals surface area (Å²) in [6.07, 6.45) is -3.03. The topological polar surface area (TPSA) is 89.3 Å². The fourth-order valence-corrected chi connectivity index (χ4v) is 4.94. The zero-order valence-electron chi connectivity index (χ0n) is 19.9. The number of hydrogen-bond donors (Lipinski definition) is 0. The SMILES string of the molecule is CCOc1nn(CC(F)F)c2nc(N3CCC4(CC3)CC(=O)N(c3ccc(C(F)(F)F)nc3)C4)ncc12. The van der Waals surface area contributed by atoms with Crippen LogP contribution in [-0.2, 0) is 17.5 Å². The van der Waals surface area contributed by atoms with Crippen molar-refractivity contribution in [3.63, 3.8) is 0 Å². The highest BCUT2D eigenvalue weighted by Crippen LogP contribution is 2.43. The maximum atomic E-state index is 13.1. The molecule has 3 aromatic rings. The van der Waals surface area contributed by atoms with Crippen LogP contribution in [0.3, 0.4) is 0 Å². The van der Waals surface area contributed by atoms with Crippen LogP contribution in [0.4, 0.5) is 33.6 Å². The minimum absolute atomic E-state index is 0.160. The van der Waals surface area contributed by atoms with Gasteiger partial charge in [-0.2, -0.15) is 18.2 Å². The summed E-state index contributed by atoms with van der Waals surface area (Å²) in [7, 11) is 0. The van der Waals surface area contributed by atoms with Crippen molar-refractivity contribution in [1.82, 2.24) is 24.7 Å². The zero-order valence-corrected chi connectivity index (χ0v) is 19.9. The van der Waals surface area contributed by atoms with E-state index in [9.17, 15) is 26.7 Å². The van der Waals surface area contributed by atoms with E-state index in [0.29, 0.717) is 56.1 Å². The van der Waals surface area contributed by atoms with E-state index in [2.05, 4.69) is 20.1 Å². The Morgan fingerprint density at radius 2 is 1.89 bits per heavy atom. The van der Waals surface area contributed by atoms with Crippen LogP contribution < -0.4 is 14.5 Å². The summed E-state index contributed by atoms with van der Waals surface area (Å²) in [5, 5.41) is 4.56. The molecular formula is C23H24F5N7O2. The van der Waals surface area contributed by atoms with Crippen LogP contribution >= 0.6 is 0 Å². The number of nitrogens with zero attached hydrogens (tertiary/aromatic N) is 7. The lowest BCUT2D eigenvalue weighted by molar-refractivity contribution is -0.141. The van der Waals surface area contributed by atoms with Crippen molar-refractivity contribution in [2.75, 3.05) is 36.0 Å². The quantitative estimate of drug-likeness (QED) is 0.451. The molecule has 37 heavy (non-hydrogen) atoms. The standard InChI is InChI=1S/C23H24F5N7O2/c1-2-37-20-15-11-30-21(31-19(15)35(32-20)12-17(24)25)33-7-5-22(6-8-33)9-18(36)34(13-22)14-3-4-16(29-10-14)23(26,27)28/h3-4,10-11,17H,2,5-9,12-13H2,1H3. The number of hydrogen-bond acceptors (Lipinski definition) is 7. The van der Waals surface area contributed by atoms with E-state index in [1.165, 1.54) is 17.2 Å². The average molecular weight is 525 g/mol. The largest absolute Gasteiger partial charge is 0.476 e. The number of halogens is 5. The minimum Gasteiger partial charge on any atom is -0.476 e. The first-order chi connectivity index (χ1) is 17.6. The maximum Gasteiger partial charge on any atom is 0.433 e. The molecule has 1 amide bonds. The van der Waals surface area contributed by atoms with Crippen LogP contribution in [-0.4, -0.2) is 63.3 Å². The summed E-state index contributed by atoms with van der Waals surface area (Å²) in [5.41, 5.74) is -0.749. The Kier molecular flexibility index (Phi) is 6.36. The third-order valence-corrected chi connectivity index (χ3v) is 6.81. The molecule has 0 aliphatic carbocycles. The Morgan fingerprint density at radius 3 is 2.51 bits per heavy atom. The van der Waals surface area contributed by atoms with Crippen molar-refractivity contribution in [3.05, 3.63) is 30.2 Å². The molecule has 198 valence electrons. The van der Waals surface area contributed by atoms with Crippen molar-refractivity contribution in [1.29, 1.82) is 0 Å². The van der Waals surface area contributed by atoms with Gasteiger partial charge in [0.15, 0.2) is 5.65 Å². The van der Waals surface area contributed by atoms with Gasteiger partial charge in [-0.15, -0.1) is 5.10 Å². The van der Waals surface area contributed by atoms with Gasteiger partial charge in [-0.25, -0.2) is 23.4 Å². The number of pyridine rings is 1. The summed E-state index contributed by atoms with van der Waals surface area (Å²) < 4.78 is 71.2. The van der Waals surface area contributed by atoms with Gasteiger partial charge in [0.25, 0.3) is 6.43 Å². The molecule has 0 bridgehead atoms. The van der Waals surface area contributed by atoms with Crippen LogP contribution in [0.5, 0.6) is 5.88 Å². The van der Waals surface area contributed by atoms with E-state index in [1.54, 1.807) is 6.92 Å². The number of alkyl halides is 5. The van der Waals surface area contributed by atoms with Gasteiger partial charge in [-0.1, -0.05) is 0 Å². The number of aromatic nitrogens is 5. The smallest absolute Gasteiger partial charge is 0.433 e. The highest BCUT2D eigenvalue weighted by Gasteiger charge is 2.46. The Labute approximate surface area is 208 Å². The van der Waals surface area contributed by atoms with E-state index < -0.39 is 24.8 Å². The van der Waals surface area contributed by atoms with Crippen LogP contribution in [0.25, 0.3) is 11.0 Å². The van der Waals surface area contributed by atoms with Crippen LogP contribution in [0.1, 0.15) is 31.9 Å². The molecule has 5 rings (SSSR count). The Balaban J connectivity index is 1.30. The monoisotopic (exact) mass is 525 g/mol. The molecule has 0 saturated carbocycles. The van der Waals surface area contributed by atoms with E-state index in [0.717, 1.165) is 16.9 Å². The molecule has 3 aromatic heterocycles. The summed E-state index contributed by atoms with van der Waals surface area (Å²) in [6.45, 7) is 2.89. The molecule has 0 radical (unpaired) electrons. The molecule has 14 heteroatoms. The number of carbonyl (C=O) groups is 1. The molecule has 1 spiro atoms. The van der Waals surface area contributed by atoms with Crippen molar-refractivity contribution in [3.8, 4) is 5.88 Å². The van der Waals surface area contributed by atoms with Crippen LogP contribution in [0.2, 0.25) is 0 Å². The zero-order chi connectivity index (χ0) is 26.4. The molecule has 0 unspecified atom stereocenters. The molecule has 0 atom stereocenters. The fraction of sp³-hybridized carbons (Fsp3) is 0.522. The molecular weight excluding hydrogens is 501 g/mol. The van der Waals surface area contributed by atoms with Gasteiger partial charge in [0.1, 0.15) is 17.6 Å². The van der Waals surface area contributed by atoms with Gasteiger partial charge < -0.3 is 14.5 Å². The number of fused-ring (bicyclic) bond motifs is 1. The van der Waals surface area contributed by atoms with E-state index >= 15 is 0 Å². The fourth-order valence-electron chi connectivity index (χ4n) is 4.94. The van der Waals surface area contributed by atoms with Crippen LogP contribution in [0.15, 0.2) is 24.5 Å². The molecule has 0 aromatic carbocycles. The second kappa shape index (κ2) is 9.38. The first kappa shape index (κ1) is 25.1. The summed E-state index contributed by atoms with van der Waals surface area (Å²) in [6, 6.07) is 2.14. The summed E-state index contributed by atoms with van der Waals surface area (Å²) in [4.78, 5) is 28.6. The second-order valence-corrected chi connectivity index (χ2v) is 9.26. The second-order valence-electron chi connectivity index (χ2n) is 9.26. The highest BCUT2D eigenvalue weighted by molar-refractivity contribution is 5.96. The Hall–Kier alpha value is -3.58. The number of piperidine rings is 1. The lowest BCUT2D eigenvalue weighted by Crippen LogP contribution is -2.42. The number of rotatable bonds is 6. The van der Waals surface area contributed by atoms with Gasteiger partial charge in [0.05, 0.1) is 18.5 Å². The molecule has 2 aliphatic heterocycles. The number of ether oxygens (including phenoxy) is 1. The van der Waals surface area contributed by atoms with Crippen molar-refractivity contribution in [2.24, 2.45) is 5.41 Å². The van der Waals surface area contributed by atoms with Gasteiger partial charge in [0.2, 0.25) is 17.7 Å². The molecule has 0 N–H and O–H groups in total. The molecule has 2 fully saturated rings. The third kappa shape index (κ3) is 4.88. The van der Waals surface area contributed by atoms with Gasteiger partial charge in [-0.3, -0.25) is 4.79 Å². The maximum absolute atomic E-state index is 13.1. The van der Waals surface area contributed by atoms with Crippen molar-refractivity contribution in [2.45, 2.75) is 45.3 Å². The average Bonchev–Trinajstić information content (AvgIpc) is 3.35. The van der Waals surface area contributed by atoms with Gasteiger partial charge in [-0.05, 0) is 31.9 Å². The van der Waals surface area contributed by atoms with Crippen LogP contribution in [0, 0.1) is 5.41 Å². The van der Waals surface area contributed by atoms with Gasteiger partial charge >= 0.3 is 6.18 Å². The van der Waals surface area contributed by atoms with Gasteiger partial charge in [0, 0.05) is 37.7 Å². The van der Waals surface area contributed by atoms with E-state index in [-0.39, 0.29) is 29.3 Å². The molecule has 5 heterocycles. The molecule has 9 nitrogen and oxygen atoms in total. The Bertz CT molecular complexity index is 1290. The summed E-state index contributed by atoms with van der Waals surface area (Å²) >= 11 is 0.